The Labute approximate surface area is 257 Å². The van der Waals surface area contributed by atoms with Crippen LogP contribution < -0.4 is 16.0 Å². The van der Waals surface area contributed by atoms with Crippen LogP contribution in [0.4, 0.5) is 0 Å². The van der Waals surface area contributed by atoms with Gasteiger partial charge in [-0.1, -0.05) is 86.2 Å². The Balaban J connectivity index is 1.28. The van der Waals surface area contributed by atoms with Crippen LogP contribution in [0, 0.1) is 0 Å². The minimum atomic E-state index is -0.433. The molecule has 9 nitrogen and oxygen atoms in total. The highest BCUT2D eigenvalue weighted by atomic mass is 35.5. The van der Waals surface area contributed by atoms with E-state index in [0.717, 1.165) is 62.5 Å². The number of nitrogens with one attached hydrogen (secondary N) is 3. The minimum absolute atomic E-state index is 0.0742. The summed E-state index contributed by atoms with van der Waals surface area (Å²) < 4.78 is 7.59. The van der Waals surface area contributed by atoms with Crippen LogP contribution in [0.3, 0.4) is 0 Å². The summed E-state index contributed by atoms with van der Waals surface area (Å²) in [5, 5.41) is 14.1. The largest absolute Gasteiger partial charge is 0.371 e. The SMILES string of the molecule is O=C(Cn1nc(C(=O)NCc2ccc(Cl)cc2)cc1C(=O)N[C@H]1CCCC[C@@H]1OCc1ccccc1)NC1CCCCC1. The summed E-state index contributed by atoms with van der Waals surface area (Å²) >= 11 is 5.97. The molecule has 0 saturated heterocycles. The van der Waals surface area contributed by atoms with Crippen molar-refractivity contribution in [3.8, 4) is 0 Å². The second-order valence-electron chi connectivity index (χ2n) is 11.5. The van der Waals surface area contributed by atoms with Crippen LogP contribution in [0.15, 0.2) is 60.7 Å². The first-order chi connectivity index (χ1) is 20.9. The predicted octanol–water partition coefficient (Wildman–Crippen LogP) is 5.17. The average molecular weight is 606 g/mol. The lowest BCUT2D eigenvalue weighted by molar-refractivity contribution is -0.122. The van der Waals surface area contributed by atoms with Crippen LogP contribution in [0.1, 0.15) is 89.9 Å². The monoisotopic (exact) mass is 605 g/mol. The van der Waals surface area contributed by atoms with Gasteiger partial charge in [-0.25, -0.2) is 4.68 Å². The number of amides is 3. The highest BCUT2D eigenvalue weighted by Crippen LogP contribution is 2.23. The number of hydrogen-bond acceptors (Lipinski definition) is 5. The number of halogens is 1. The molecule has 43 heavy (non-hydrogen) atoms. The lowest BCUT2D eigenvalue weighted by atomic mass is 9.92. The van der Waals surface area contributed by atoms with Crippen molar-refractivity contribution in [2.75, 3.05) is 0 Å². The number of carbonyl (C=O) groups is 3. The van der Waals surface area contributed by atoms with Gasteiger partial charge in [0.2, 0.25) is 5.91 Å². The zero-order chi connectivity index (χ0) is 30.0. The summed E-state index contributed by atoms with van der Waals surface area (Å²) in [6.07, 6.45) is 8.77. The van der Waals surface area contributed by atoms with Gasteiger partial charge in [0.05, 0.1) is 18.8 Å². The summed E-state index contributed by atoms with van der Waals surface area (Å²) in [6, 6.07) is 18.5. The van der Waals surface area contributed by atoms with E-state index in [1.165, 1.54) is 17.2 Å². The van der Waals surface area contributed by atoms with E-state index in [9.17, 15) is 14.4 Å². The zero-order valence-electron chi connectivity index (χ0n) is 24.4. The number of aromatic nitrogens is 2. The summed E-state index contributed by atoms with van der Waals surface area (Å²) in [4.78, 5) is 39.7. The molecule has 1 aromatic heterocycles. The summed E-state index contributed by atoms with van der Waals surface area (Å²) in [5.41, 5.74) is 2.20. The van der Waals surface area contributed by atoms with E-state index in [2.05, 4.69) is 21.0 Å². The number of benzene rings is 2. The fraction of sp³-hybridized carbons (Fsp3) is 0.455. The smallest absolute Gasteiger partial charge is 0.272 e. The quantitative estimate of drug-likeness (QED) is 0.279. The van der Waals surface area contributed by atoms with E-state index in [0.29, 0.717) is 11.6 Å². The van der Waals surface area contributed by atoms with Crippen LogP contribution in [-0.4, -0.2) is 45.7 Å². The minimum Gasteiger partial charge on any atom is -0.371 e. The lowest BCUT2D eigenvalue weighted by Crippen LogP contribution is -2.47. The van der Waals surface area contributed by atoms with Crippen LogP contribution in [0.5, 0.6) is 0 Å². The van der Waals surface area contributed by atoms with E-state index in [-0.39, 0.29) is 54.5 Å². The fourth-order valence-electron chi connectivity index (χ4n) is 5.84. The molecule has 2 aliphatic rings. The van der Waals surface area contributed by atoms with E-state index in [4.69, 9.17) is 16.3 Å². The van der Waals surface area contributed by atoms with Gasteiger partial charge in [-0.3, -0.25) is 14.4 Å². The van der Waals surface area contributed by atoms with Crippen LogP contribution in [-0.2, 0) is 29.2 Å². The molecule has 2 saturated carbocycles. The van der Waals surface area contributed by atoms with Crippen molar-refractivity contribution in [2.24, 2.45) is 0 Å². The molecule has 3 N–H and O–H groups in total. The molecule has 2 aromatic carbocycles. The summed E-state index contributed by atoms with van der Waals surface area (Å²) in [6.45, 7) is 0.590. The molecule has 5 rings (SSSR count). The van der Waals surface area contributed by atoms with Crippen molar-refractivity contribution in [2.45, 2.75) is 95.7 Å². The maximum absolute atomic E-state index is 13.7. The van der Waals surface area contributed by atoms with Crippen molar-refractivity contribution >= 4 is 29.3 Å². The van der Waals surface area contributed by atoms with Gasteiger partial charge in [-0.05, 0) is 48.9 Å². The molecule has 1 heterocycles. The van der Waals surface area contributed by atoms with Crippen molar-refractivity contribution in [3.63, 3.8) is 0 Å². The molecule has 3 aromatic rings. The molecule has 3 amide bonds. The lowest BCUT2D eigenvalue weighted by Gasteiger charge is -2.32. The third-order valence-corrected chi connectivity index (χ3v) is 8.45. The second-order valence-corrected chi connectivity index (χ2v) is 11.9. The number of ether oxygens (including phenoxy) is 1. The molecular formula is C33H40ClN5O4. The summed E-state index contributed by atoms with van der Waals surface area (Å²) in [7, 11) is 0. The molecule has 0 unspecified atom stereocenters. The first-order valence-electron chi connectivity index (χ1n) is 15.3. The van der Waals surface area contributed by atoms with Gasteiger partial charge in [-0.15, -0.1) is 0 Å². The number of nitrogens with zero attached hydrogens (tertiary/aromatic N) is 2. The van der Waals surface area contributed by atoms with E-state index in [1.807, 2.05) is 42.5 Å². The molecule has 0 radical (unpaired) electrons. The highest BCUT2D eigenvalue weighted by Gasteiger charge is 2.30. The first kappa shape index (κ1) is 30.8. The second kappa shape index (κ2) is 15.2. The molecule has 0 aliphatic heterocycles. The fourth-order valence-corrected chi connectivity index (χ4v) is 5.97. The highest BCUT2D eigenvalue weighted by molar-refractivity contribution is 6.30. The zero-order valence-corrected chi connectivity index (χ0v) is 25.2. The number of rotatable bonds is 11. The molecule has 0 spiro atoms. The normalized spacial score (nSPS) is 19.0. The van der Waals surface area contributed by atoms with Crippen molar-refractivity contribution < 1.29 is 19.1 Å². The van der Waals surface area contributed by atoms with Gasteiger partial charge in [0, 0.05) is 23.7 Å². The topological polar surface area (TPSA) is 114 Å². The van der Waals surface area contributed by atoms with E-state index in [1.54, 1.807) is 12.1 Å². The molecule has 2 atom stereocenters. The van der Waals surface area contributed by atoms with Crippen LogP contribution in [0.2, 0.25) is 5.02 Å². The van der Waals surface area contributed by atoms with Gasteiger partial charge in [-0.2, -0.15) is 5.10 Å². The number of hydrogen-bond donors (Lipinski definition) is 3. The first-order valence-corrected chi connectivity index (χ1v) is 15.7. The van der Waals surface area contributed by atoms with Gasteiger partial charge in [0.25, 0.3) is 11.8 Å². The van der Waals surface area contributed by atoms with Gasteiger partial charge in [0.15, 0.2) is 5.69 Å². The van der Waals surface area contributed by atoms with Crippen LogP contribution >= 0.6 is 11.6 Å². The Morgan fingerprint density at radius 2 is 1.56 bits per heavy atom. The van der Waals surface area contributed by atoms with Crippen molar-refractivity contribution in [1.29, 1.82) is 0 Å². The third kappa shape index (κ3) is 8.91. The maximum atomic E-state index is 13.7. The standard InChI is InChI=1S/C33H40ClN5O4/c34-25-17-15-23(16-18-25)20-35-32(41)28-19-29(39(38-28)21-31(40)36-26-11-5-2-6-12-26)33(42)37-27-13-7-8-14-30(27)43-22-24-9-3-1-4-10-24/h1,3-4,9-10,15-19,26-27,30H,2,5-8,11-14,20-22H2,(H,35,41)(H,36,40)(H,37,42)/t27-,30-/m0/s1. The Morgan fingerprint density at radius 1 is 0.837 bits per heavy atom. The molecule has 228 valence electrons. The van der Waals surface area contributed by atoms with Crippen LogP contribution in [0.25, 0.3) is 0 Å². The van der Waals surface area contributed by atoms with Crippen molar-refractivity contribution in [3.05, 3.63) is 88.2 Å². The van der Waals surface area contributed by atoms with Gasteiger partial charge >= 0.3 is 0 Å². The van der Waals surface area contributed by atoms with E-state index < -0.39 is 5.91 Å². The van der Waals surface area contributed by atoms with Crippen molar-refractivity contribution in [1.82, 2.24) is 25.7 Å². The molecule has 2 aliphatic carbocycles. The summed E-state index contributed by atoms with van der Waals surface area (Å²) in [5.74, 6) is -1.04. The van der Waals surface area contributed by atoms with E-state index >= 15 is 0 Å². The Morgan fingerprint density at radius 3 is 2.33 bits per heavy atom. The predicted molar refractivity (Wildman–Crippen MR) is 165 cm³/mol. The third-order valence-electron chi connectivity index (χ3n) is 8.20. The Bertz CT molecular complexity index is 1370. The Kier molecular flexibility index (Phi) is 10.8. The molecule has 0 bridgehead atoms. The Hall–Kier alpha value is -3.69. The molecular weight excluding hydrogens is 566 g/mol. The average Bonchev–Trinajstić information content (AvgIpc) is 3.45. The molecule has 2 fully saturated rings. The molecule has 10 heteroatoms. The van der Waals surface area contributed by atoms with Gasteiger partial charge < -0.3 is 20.7 Å². The van der Waals surface area contributed by atoms with Gasteiger partial charge in [0.1, 0.15) is 12.2 Å². The number of carbonyl (C=O) groups excluding carboxylic acids is 3. The maximum Gasteiger partial charge on any atom is 0.272 e.